The van der Waals surface area contributed by atoms with E-state index in [0.717, 1.165) is 17.7 Å². The van der Waals surface area contributed by atoms with Crippen LogP contribution in [0, 0.1) is 0 Å². The zero-order valence-corrected chi connectivity index (χ0v) is 16.3. The predicted molar refractivity (Wildman–Crippen MR) is 108 cm³/mol. The van der Waals surface area contributed by atoms with Crippen LogP contribution in [0.4, 0.5) is 5.69 Å². The van der Waals surface area contributed by atoms with Crippen LogP contribution >= 0.6 is 11.6 Å². The number of carbonyl (C=O) groups is 1. The molecule has 1 N–H and O–H groups in total. The summed E-state index contributed by atoms with van der Waals surface area (Å²) in [5.74, 6) is 0.185. The van der Waals surface area contributed by atoms with E-state index in [4.69, 9.17) is 11.6 Å². The summed E-state index contributed by atoms with van der Waals surface area (Å²) in [4.78, 5) is 14.3. The van der Waals surface area contributed by atoms with E-state index in [1.807, 2.05) is 24.3 Å². The average Bonchev–Trinajstić information content (AvgIpc) is 2.61. The SMILES string of the molecule is CC1CC(C)(C)N(C)c2cc(Cl)c(/C=N\NC(=O)c3ccccc3)cc21. The van der Waals surface area contributed by atoms with E-state index in [-0.39, 0.29) is 11.4 Å². The van der Waals surface area contributed by atoms with Gasteiger partial charge in [-0.15, -0.1) is 0 Å². The molecule has 0 bridgehead atoms. The average molecular weight is 370 g/mol. The molecule has 1 unspecified atom stereocenters. The van der Waals surface area contributed by atoms with E-state index < -0.39 is 0 Å². The first-order valence-corrected chi connectivity index (χ1v) is 9.13. The Morgan fingerprint density at radius 2 is 2.00 bits per heavy atom. The van der Waals surface area contributed by atoms with E-state index in [2.05, 4.69) is 49.3 Å². The fourth-order valence-corrected chi connectivity index (χ4v) is 3.72. The third-order valence-corrected chi connectivity index (χ3v) is 5.49. The topological polar surface area (TPSA) is 44.7 Å². The monoisotopic (exact) mass is 369 g/mol. The summed E-state index contributed by atoms with van der Waals surface area (Å²) in [5, 5.41) is 4.70. The molecule has 4 nitrogen and oxygen atoms in total. The first-order valence-electron chi connectivity index (χ1n) is 8.75. The molecule has 0 saturated carbocycles. The van der Waals surface area contributed by atoms with Gasteiger partial charge in [0.2, 0.25) is 0 Å². The first-order chi connectivity index (χ1) is 12.3. The van der Waals surface area contributed by atoms with Crippen molar-refractivity contribution in [3.05, 3.63) is 64.2 Å². The van der Waals surface area contributed by atoms with E-state index in [0.29, 0.717) is 16.5 Å². The lowest BCUT2D eigenvalue weighted by molar-refractivity contribution is 0.0955. The van der Waals surface area contributed by atoms with Crippen molar-refractivity contribution in [2.45, 2.75) is 38.6 Å². The van der Waals surface area contributed by atoms with Crippen molar-refractivity contribution in [1.82, 2.24) is 5.43 Å². The largest absolute Gasteiger partial charge is 0.369 e. The van der Waals surface area contributed by atoms with Gasteiger partial charge in [0.15, 0.2) is 0 Å². The Morgan fingerprint density at radius 1 is 1.31 bits per heavy atom. The normalized spacial score (nSPS) is 18.7. The number of benzene rings is 2. The Kier molecular flexibility index (Phi) is 5.05. The van der Waals surface area contributed by atoms with Crippen LogP contribution in [0.25, 0.3) is 0 Å². The molecule has 136 valence electrons. The summed E-state index contributed by atoms with van der Waals surface area (Å²) in [7, 11) is 2.11. The highest BCUT2D eigenvalue weighted by atomic mass is 35.5. The smallest absolute Gasteiger partial charge is 0.271 e. The number of halogens is 1. The lowest BCUT2D eigenvalue weighted by Gasteiger charge is -2.45. The molecule has 26 heavy (non-hydrogen) atoms. The third-order valence-electron chi connectivity index (χ3n) is 5.16. The lowest BCUT2D eigenvalue weighted by Crippen LogP contribution is -2.45. The molecule has 0 radical (unpaired) electrons. The Hall–Kier alpha value is -2.33. The number of hydrogen-bond acceptors (Lipinski definition) is 3. The zero-order chi connectivity index (χ0) is 18.9. The number of nitrogens with one attached hydrogen (secondary N) is 1. The first kappa shape index (κ1) is 18.5. The molecule has 1 atom stereocenters. The highest BCUT2D eigenvalue weighted by Gasteiger charge is 2.34. The number of nitrogens with zero attached hydrogens (tertiary/aromatic N) is 2. The van der Waals surface area contributed by atoms with Gasteiger partial charge in [0.05, 0.1) is 11.2 Å². The maximum Gasteiger partial charge on any atom is 0.271 e. The van der Waals surface area contributed by atoms with Crippen LogP contribution < -0.4 is 10.3 Å². The Bertz CT molecular complexity index is 846. The van der Waals surface area contributed by atoms with Crippen molar-refractivity contribution in [2.24, 2.45) is 5.10 Å². The molecule has 5 heteroatoms. The highest BCUT2D eigenvalue weighted by molar-refractivity contribution is 6.33. The second-order valence-electron chi connectivity index (χ2n) is 7.47. The minimum Gasteiger partial charge on any atom is -0.369 e. The Labute approximate surface area is 159 Å². The van der Waals surface area contributed by atoms with Crippen LogP contribution in [-0.4, -0.2) is 24.7 Å². The third kappa shape index (κ3) is 3.61. The summed E-state index contributed by atoms with van der Waals surface area (Å²) in [6.45, 7) is 6.73. The molecule has 0 aliphatic carbocycles. The molecule has 0 fully saturated rings. The van der Waals surface area contributed by atoms with Gasteiger partial charge in [0.25, 0.3) is 5.91 Å². The van der Waals surface area contributed by atoms with Crippen molar-refractivity contribution in [2.75, 3.05) is 11.9 Å². The van der Waals surface area contributed by atoms with Crippen molar-refractivity contribution >= 4 is 29.4 Å². The maximum atomic E-state index is 12.1. The van der Waals surface area contributed by atoms with Crippen molar-refractivity contribution < 1.29 is 4.79 Å². The second kappa shape index (κ2) is 7.12. The molecule has 2 aromatic carbocycles. The summed E-state index contributed by atoms with van der Waals surface area (Å²) in [6, 6.07) is 13.1. The molecule has 0 aromatic heterocycles. The quantitative estimate of drug-likeness (QED) is 0.622. The van der Waals surface area contributed by atoms with Crippen LogP contribution in [0.2, 0.25) is 5.02 Å². The van der Waals surface area contributed by atoms with Gasteiger partial charge in [-0.05, 0) is 56.0 Å². The molecule has 1 heterocycles. The van der Waals surface area contributed by atoms with Crippen molar-refractivity contribution in [3.63, 3.8) is 0 Å². The number of anilines is 1. The molecule has 0 spiro atoms. The lowest BCUT2D eigenvalue weighted by atomic mass is 9.80. The predicted octanol–water partition coefficient (Wildman–Crippen LogP) is 4.83. The number of fused-ring (bicyclic) bond motifs is 1. The van der Waals surface area contributed by atoms with Crippen LogP contribution in [0.1, 0.15) is 54.6 Å². The second-order valence-corrected chi connectivity index (χ2v) is 7.88. The molecule has 1 amide bonds. The summed E-state index contributed by atoms with van der Waals surface area (Å²) in [6.07, 6.45) is 2.68. The molecule has 1 aliphatic rings. The van der Waals surface area contributed by atoms with Crippen molar-refractivity contribution in [1.29, 1.82) is 0 Å². The minimum absolute atomic E-state index is 0.0923. The summed E-state index contributed by atoms with van der Waals surface area (Å²) in [5.41, 5.74) is 6.43. The van der Waals surface area contributed by atoms with Crippen LogP contribution in [-0.2, 0) is 0 Å². The Morgan fingerprint density at radius 3 is 2.69 bits per heavy atom. The molecule has 3 rings (SSSR count). The standard InChI is InChI=1S/C21H24ClN3O/c1-14-12-21(2,3)25(4)19-11-18(22)16(10-17(14)19)13-23-24-20(26)15-8-6-5-7-9-15/h5-11,13-14H,12H2,1-4H3,(H,24,26)/b23-13-. The van der Waals surface area contributed by atoms with E-state index >= 15 is 0 Å². The van der Waals surface area contributed by atoms with E-state index in [1.54, 1.807) is 18.3 Å². The molecule has 1 aliphatic heterocycles. The van der Waals surface area contributed by atoms with Crippen LogP contribution in [0.3, 0.4) is 0 Å². The highest BCUT2D eigenvalue weighted by Crippen LogP contribution is 2.44. The van der Waals surface area contributed by atoms with Gasteiger partial charge in [0, 0.05) is 29.4 Å². The number of hydrazone groups is 1. The molecule has 2 aromatic rings. The minimum atomic E-state index is -0.245. The van der Waals surface area contributed by atoms with Crippen molar-refractivity contribution in [3.8, 4) is 0 Å². The van der Waals surface area contributed by atoms with E-state index in [9.17, 15) is 4.79 Å². The van der Waals surface area contributed by atoms with E-state index in [1.165, 1.54) is 5.56 Å². The van der Waals surface area contributed by atoms with Gasteiger partial charge in [-0.2, -0.15) is 5.10 Å². The fraction of sp³-hybridized carbons (Fsp3) is 0.333. The van der Waals surface area contributed by atoms with Crippen LogP contribution in [0.5, 0.6) is 0 Å². The molecular weight excluding hydrogens is 346 g/mol. The molecule has 0 saturated heterocycles. The van der Waals surface area contributed by atoms with Gasteiger partial charge in [-0.3, -0.25) is 4.79 Å². The maximum absolute atomic E-state index is 12.1. The summed E-state index contributed by atoms with van der Waals surface area (Å²) < 4.78 is 0. The summed E-state index contributed by atoms with van der Waals surface area (Å²) >= 11 is 6.47. The molecular formula is C21H24ClN3O. The zero-order valence-electron chi connectivity index (χ0n) is 15.6. The van der Waals surface area contributed by atoms with Gasteiger partial charge < -0.3 is 4.90 Å². The number of rotatable bonds is 3. The number of hydrogen-bond donors (Lipinski definition) is 1. The van der Waals surface area contributed by atoms with Gasteiger partial charge in [0.1, 0.15) is 0 Å². The number of carbonyl (C=O) groups excluding carboxylic acids is 1. The fourth-order valence-electron chi connectivity index (χ4n) is 3.52. The van der Waals surface area contributed by atoms with Gasteiger partial charge in [-0.1, -0.05) is 36.7 Å². The van der Waals surface area contributed by atoms with Gasteiger partial charge >= 0.3 is 0 Å². The Balaban J connectivity index is 1.82. The number of amides is 1. The van der Waals surface area contributed by atoms with Gasteiger partial charge in [-0.25, -0.2) is 5.43 Å². The van der Waals surface area contributed by atoms with Crippen LogP contribution in [0.15, 0.2) is 47.6 Å².